The maximum Gasteiger partial charge on any atom is 0.0638 e. The number of hydrogen-bond donors (Lipinski definition) is 1. The number of nitrogens with one attached hydrogen (secondary N) is 1. The summed E-state index contributed by atoms with van der Waals surface area (Å²) in [5.74, 6) is 0. The molecule has 0 saturated carbocycles. The van der Waals surface area contributed by atoms with Gasteiger partial charge in [0.25, 0.3) is 0 Å². The second-order valence-electron chi connectivity index (χ2n) is 3.72. The van der Waals surface area contributed by atoms with Crippen molar-refractivity contribution in [1.82, 2.24) is 10.2 Å². The maximum atomic E-state index is 8.58. The van der Waals surface area contributed by atoms with Gasteiger partial charge in [0, 0.05) is 32.8 Å². The predicted molar refractivity (Wildman–Crippen MR) is 61.7 cm³/mol. The van der Waals surface area contributed by atoms with Gasteiger partial charge in [0.1, 0.15) is 0 Å². The lowest BCUT2D eigenvalue weighted by atomic mass is 10.2. The second-order valence-corrected chi connectivity index (χ2v) is 3.72. The smallest absolute Gasteiger partial charge is 0.0638 e. The molecule has 1 N–H and O–H groups in total. The summed E-state index contributed by atoms with van der Waals surface area (Å²) in [6.07, 6.45) is 1.60. The Balaban J connectivity index is 3.46. The highest BCUT2D eigenvalue weighted by Crippen LogP contribution is 1.95. The van der Waals surface area contributed by atoms with Crippen molar-refractivity contribution >= 4 is 0 Å². The van der Waals surface area contributed by atoms with E-state index in [1.54, 1.807) is 7.11 Å². The van der Waals surface area contributed by atoms with Crippen molar-refractivity contribution in [2.75, 3.05) is 40.4 Å². The normalized spacial score (nSPS) is 12.7. The fraction of sp³-hybridized carbons (Fsp3) is 0.909. The number of hydrogen-bond acceptors (Lipinski definition) is 4. The highest BCUT2D eigenvalue weighted by Gasteiger charge is 2.04. The summed E-state index contributed by atoms with van der Waals surface area (Å²) >= 11 is 0. The van der Waals surface area contributed by atoms with Crippen LogP contribution in [0.4, 0.5) is 0 Å². The molecule has 0 amide bonds. The molecule has 15 heavy (non-hydrogen) atoms. The average molecular weight is 213 g/mol. The molecule has 0 spiro atoms. The highest BCUT2D eigenvalue weighted by molar-refractivity contribution is 4.79. The number of nitrogens with zero attached hydrogens (tertiary/aromatic N) is 2. The lowest BCUT2D eigenvalue weighted by molar-refractivity contribution is 0.161. The Kier molecular flexibility index (Phi) is 9.49. The van der Waals surface area contributed by atoms with E-state index in [0.29, 0.717) is 12.5 Å². The Morgan fingerprint density at radius 3 is 2.73 bits per heavy atom. The summed E-state index contributed by atoms with van der Waals surface area (Å²) in [6.45, 7) is 5.74. The quantitative estimate of drug-likeness (QED) is 0.617. The molecule has 0 aromatic carbocycles. The van der Waals surface area contributed by atoms with Crippen LogP contribution in [0.3, 0.4) is 0 Å². The van der Waals surface area contributed by atoms with Gasteiger partial charge in [-0.25, -0.2) is 0 Å². The van der Waals surface area contributed by atoms with Gasteiger partial charge in [0.15, 0.2) is 0 Å². The van der Waals surface area contributed by atoms with Crippen LogP contribution in [0.2, 0.25) is 0 Å². The minimum Gasteiger partial charge on any atom is -0.383 e. The molecule has 0 aromatic rings. The van der Waals surface area contributed by atoms with Crippen molar-refractivity contribution in [1.29, 1.82) is 5.26 Å². The van der Waals surface area contributed by atoms with E-state index < -0.39 is 0 Å². The first kappa shape index (κ1) is 14.4. The molecule has 0 bridgehead atoms. The van der Waals surface area contributed by atoms with Gasteiger partial charge in [-0.05, 0) is 13.5 Å². The number of methoxy groups -OCH3 is 1. The van der Waals surface area contributed by atoms with Gasteiger partial charge >= 0.3 is 0 Å². The van der Waals surface area contributed by atoms with Gasteiger partial charge in [-0.3, -0.25) is 0 Å². The molecule has 1 atom stereocenters. The molecule has 0 aliphatic rings. The van der Waals surface area contributed by atoms with Crippen LogP contribution in [0, 0.1) is 11.3 Å². The van der Waals surface area contributed by atoms with Crippen molar-refractivity contribution in [3.63, 3.8) is 0 Å². The third-order valence-electron chi connectivity index (χ3n) is 2.43. The van der Waals surface area contributed by atoms with Gasteiger partial charge in [-0.15, -0.1) is 0 Å². The fourth-order valence-corrected chi connectivity index (χ4v) is 1.29. The summed E-state index contributed by atoms with van der Waals surface area (Å²) in [5.41, 5.74) is 0. The minimum absolute atomic E-state index is 0.339. The zero-order valence-corrected chi connectivity index (χ0v) is 10.1. The highest BCUT2D eigenvalue weighted by atomic mass is 16.5. The van der Waals surface area contributed by atoms with E-state index in [1.807, 2.05) is 0 Å². The van der Waals surface area contributed by atoms with E-state index in [1.165, 1.54) is 0 Å². The number of ether oxygens (including phenoxy) is 1. The Hall–Kier alpha value is -0.630. The first-order valence-electron chi connectivity index (χ1n) is 5.52. The maximum absolute atomic E-state index is 8.58. The van der Waals surface area contributed by atoms with Crippen LogP contribution in [-0.2, 0) is 4.74 Å². The van der Waals surface area contributed by atoms with Gasteiger partial charge < -0.3 is 15.0 Å². The molecule has 0 rings (SSSR count). The average Bonchev–Trinajstić information content (AvgIpc) is 2.25. The van der Waals surface area contributed by atoms with Crippen LogP contribution in [0.15, 0.2) is 0 Å². The lowest BCUT2D eigenvalue weighted by Gasteiger charge is -2.19. The van der Waals surface area contributed by atoms with E-state index in [0.717, 1.165) is 32.7 Å². The monoisotopic (exact) mass is 213 g/mol. The van der Waals surface area contributed by atoms with Crippen LogP contribution < -0.4 is 5.32 Å². The second kappa shape index (κ2) is 9.91. The van der Waals surface area contributed by atoms with Gasteiger partial charge in [-0.2, -0.15) is 5.26 Å². The first-order valence-corrected chi connectivity index (χ1v) is 5.52. The SMILES string of the molecule is CCC(CC#N)NCCN(C)CCOC. The summed E-state index contributed by atoms with van der Waals surface area (Å²) in [4.78, 5) is 2.22. The zero-order valence-electron chi connectivity index (χ0n) is 10.1. The third-order valence-corrected chi connectivity index (χ3v) is 2.43. The Labute approximate surface area is 93.2 Å². The van der Waals surface area contributed by atoms with Crippen molar-refractivity contribution in [2.24, 2.45) is 0 Å². The molecular weight excluding hydrogens is 190 g/mol. The molecule has 0 aromatic heterocycles. The Morgan fingerprint density at radius 1 is 1.47 bits per heavy atom. The molecule has 4 heteroatoms. The molecular formula is C11H23N3O. The van der Waals surface area contributed by atoms with Crippen molar-refractivity contribution in [2.45, 2.75) is 25.8 Å². The van der Waals surface area contributed by atoms with Crippen LogP contribution >= 0.6 is 0 Å². The van der Waals surface area contributed by atoms with Crippen LogP contribution in [0.5, 0.6) is 0 Å². The van der Waals surface area contributed by atoms with Crippen molar-refractivity contribution < 1.29 is 4.74 Å². The molecule has 0 aliphatic heterocycles. The van der Waals surface area contributed by atoms with Crippen molar-refractivity contribution in [3.05, 3.63) is 0 Å². The van der Waals surface area contributed by atoms with E-state index in [2.05, 4.69) is 30.3 Å². The van der Waals surface area contributed by atoms with Gasteiger partial charge in [0.2, 0.25) is 0 Å². The van der Waals surface area contributed by atoms with E-state index in [4.69, 9.17) is 10.00 Å². The molecule has 88 valence electrons. The molecule has 0 radical (unpaired) electrons. The fourth-order valence-electron chi connectivity index (χ4n) is 1.29. The molecule has 0 fully saturated rings. The standard InChI is InChI=1S/C11H23N3O/c1-4-11(5-6-12)13-7-8-14(2)9-10-15-3/h11,13H,4-5,7-10H2,1-3H3. The van der Waals surface area contributed by atoms with E-state index >= 15 is 0 Å². The predicted octanol–water partition coefficient (Wildman–Crippen LogP) is 0.846. The minimum atomic E-state index is 0.339. The number of likely N-dealkylation sites (N-methyl/N-ethyl adjacent to an activating group) is 1. The number of rotatable bonds is 9. The summed E-state index contributed by atoms with van der Waals surface area (Å²) in [7, 11) is 3.79. The van der Waals surface area contributed by atoms with Crippen LogP contribution in [0.25, 0.3) is 0 Å². The lowest BCUT2D eigenvalue weighted by Crippen LogP contribution is -2.36. The van der Waals surface area contributed by atoms with E-state index in [-0.39, 0.29) is 0 Å². The van der Waals surface area contributed by atoms with Crippen molar-refractivity contribution in [3.8, 4) is 6.07 Å². The largest absolute Gasteiger partial charge is 0.383 e. The molecule has 0 aliphatic carbocycles. The summed E-state index contributed by atoms with van der Waals surface area (Å²) in [6, 6.07) is 2.53. The molecule has 0 heterocycles. The molecule has 0 saturated heterocycles. The molecule has 4 nitrogen and oxygen atoms in total. The molecule has 1 unspecified atom stereocenters. The summed E-state index contributed by atoms with van der Waals surface area (Å²) in [5, 5.41) is 11.9. The summed E-state index contributed by atoms with van der Waals surface area (Å²) < 4.78 is 4.99. The van der Waals surface area contributed by atoms with Crippen LogP contribution in [-0.4, -0.2) is 51.3 Å². The Bertz CT molecular complexity index is 179. The van der Waals surface area contributed by atoms with Gasteiger partial charge in [0.05, 0.1) is 19.1 Å². The van der Waals surface area contributed by atoms with Crippen LogP contribution in [0.1, 0.15) is 19.8 Å². The Morgan fingerprint density at radius 2 is 2.20 bits per heavy atom. The van der Waals surface area contributed by atoms with Gasteiger partial charge in [-0.1, -0.05) is 6.92 Å². The zero-order chi connectivity index (χ0) is 11.5. The topological polar surface area (TPSA) is 48.3 Å². The third kappa shape index (κ3) is 8.37. The number of nitriles is 1. The first-order chi connectivity index (χ1) is 7.24. The van der Waals surface area contributed by atoms with E-state index in [9.17, 15) is 0 Å².